The van der Waals surface area contributed by atoms with E-state index in [1.165, 1.54) is 23.5 Å². The molecule has 0 saturated heterocycles. The van der Waals surface area contributed by atoms with Crippen molar-refractivity contribution in [2.45, 2.75) is 42.2 Å². The highest BCUT2D eigenvalue weighted by molar-refractivity contribution is 8.89. The van der Waals surface area contributed by atoms with Crippen LogP contribution in [0.4, 0.5) is 0 Å². The molecule has 0 radical (unpaired) electrons. The van der Waals surface area contributed by atoms with Gasteiger partial charge in [0, 0.05) is 10.1 Å². The van der Waals surface area contributed by atoms with Crippen LogP contribution in [0.15, 0.2) is 64.4 Å². The largest absolute Gasteiger partial charge is 0.379 e. The molecule has 9 heteroatoms. The van der Waals surface area contributed by atoms with Gasteiger partial charge in [-0.05, 0) is 55.1 Å². The van der Waals surface area contributed by atoms with Crippen LogP contribution in [0.25, 0.3) is 0 Å². The zero-order valence-electron chi connectivity index (χ0n) is 15.4. The third-order valence-corrected chi connectivity index (χ3v) is 12.1. The van der Waals surface area contributed by atoms with Crippen molar-refractivity contribution < 1.29 is 21.7 Å². The summed E-state index contributed by atoms with van der Waals surface area (Å²) >= 11 is 2.44. The van der Waals surface area contributed by atoms with E-state index in [0.717, 1.165) is 17.8 Å². The predicted octanol–water partition coefficient (Wildman–Crippen LogP) is 6.22. The maximum atomic E-state index is 13.1. The van der Waals surface area contributed by atoms with Gasteiger partial charge in [0.25, 0.3) is 0 Å². The third-order valence-electron chi connectivity index (χ3n) is 3.43. The number of rotatable bonds is 10. The molecule has 0 spiro atoms. The first kappa shape index (κ1) is 22.4. The topological polar surface area (TPSA) is 69.7 Å². The minimum atomic E-state index is -3.92. The van der Waals surface area contributed by atoms with Gasteiger partial charge < -0.3 is 8.71 Å². The summed E-state index contributed by atoms with van der Waals surface area (Å²) in [6.07, 6.45) is 0.876. The van der Waals surface area contributed by atoms with Gasteiger partial charge in [-0.2, -0.15) is 8.42 Å². The number of hydrogen-bond donors (Lipinski definition) is 0. The van der Waals surface area contributed by atoms with Gasteiger partial charge in [-0.25, -0.2) is 0 Å². The molecular weight excluding hydrogens is 423 g/mol. The molecular formula is C18H23O5PS3. The summed E-state index contributed by atoms with van der Waals surface area (Å²) in [4.78, 5) is 0.707. The van der Waals surface area contributed by atoms with Crippen molar-refractivity contribution in [3.63, 3.8) is 0 Å². The summed E-state index contributed by atoms with van der Waals surface area (Å²) in [5, 5.41) is 0.188. The van der Waals surface area contributed by atoms with Gasteiger partial charge in [0.15, 0.2) is 0 Å². The molecule has 0 saturated carbocycles. The molecule has 27 heavy (non-hydrogen) atoms. The average molecular weight is 447 g/mol. The first-order chi connectivity index (χ1) is 12.8. The summed E-state index contributed by atoms with van der Waals surface area (Å²) in [6, 6.07) is 14.5. The van der Waals surface area contributed by atoms with E-state index in [2.05, 4.69) is 0 Å². The Bertz CT molecular complexity index is 887. The Labute approximate surface area is 169 Å². The van der Waals surface area contributed by atoms with Crippen LogP contribution < -0.4 is 4.18 Å². The Morgan fingerprint density at radius 3 is 2.41 bits per heavy atom. The zero-order valence-corrected chi connectivity index (χ0v) is 18.7. The first-order valence-electron chi connectivity index (χ1n) is 8.50. The second-order valence-corrected chi connectivity index (χ2v) is 14.7. The number of hydrogen-bond acceptors (Lipinski definition) is 7. The van der Waals surface area contributed by atoms with Crippen LogP contribution in [0, 0.1) is 0 Å². The molecule has 0 fully saturated rings. The third kappa shape index (κ3) is 6.88. The van der Waals surface area contributed by atoms with Crippen molar-refractivity contribution in [3.05, 3.63) is 54.6 Å². The SMILES string of the molecule is CCOP(=O)(Sc1cccc(OS(=O)(=O)c2ccccc2)c1)SC(C)CC. The van der Waals surface area contributed by atoms with Gasteiger partial charge in [-0.15, -0.1) is 0 Å². The maximum absolute atomic E-state index is 13.1. The summed E-state index contributed by atoms with van der Waals surface area (Å²) in [5.41, 5.74) is 0. The minimum absolute atomic E-state index is 0.0790. The average Bonchev–Trinajstić information content (AvgIpc) is 2.62. The summed E-state index contributed by atoms with van der Waals surface area (Å²) in [7, 11) is -3.92. The van der Waals surface area contributed by atoms with Crippen molar-refractivity contribution in [1.29, 1.82) is 0 Å². The summed E-state index contributed by atoms with van der Waals surface area (Å²) < 4.78 is 48.6. The molecule has 0 aliphatic carbocycles. The highest BCUT2D eigenvalue weighted by atomic mass is 33.1. The molecule has 2 aromatic rings. The second-order valence-electron chi connectivity index (χ2n) is 5.61. The Morgan fingerprint density at radius 2 is 1.78 bits per heavy atom. The van der Waals surface area contributed by atoms with Crippen molar-refractivity contribution in [1.82, 2.24) is 0 Å². The van der Waals surface area contributed by atoms with Gasteiger partial charge in [-0.3, -0.25) is 4.57 Å². The molecule has 0 amide bonds. The molecule has 0 N–H and O–H groups in total. The standard InChI is InChI=1S/C18H23O5PS3/c1-4-15(3)25-24(19,22-5-2)26-17-11-9-10-16(14-17)23-27(20,21)18-12-7-6-8-13-18/h6-15H,4-5H2,1-3H3. The van der Waals surface area contributed by atoms with Gasteiger partial charge in [0.05, 0.1) is 6.61 Å². The van der Waals surface area contributed by atoms with E-state index in [1.54, 1.807) is 49.4 Å². The second kappa shape index (κ2) is 10.0. The van der Waals surface area contributed by atoms with Crippen LogP contribution in [-0.2, 0) is 19.2 Å². The van der Waals surface area contributed by atoms with Gasteiger partial charge >= 0.3 is 15.9 Å². The van der Waals surface area contributed by atoms with E-state index in [-0.39, 0.29) is 15.9 Å². The van der Waals surface area contributed by atoms with Crippen LogP contribution >= 0.6 is 28.5 Å². The van der Waals surface area contributed by atoms with E-state index in [1.807, 2.05) is 13.8 Å². The summed E-state index contributed by atoms with van der Waals surface area (Å²) in [6.45, 7) is 6.17. The fourth-order valence-corrected chi connectivity index (χ4v) is 11.0. The first-order valence-corrected chi connectivity index (χ1v) is 14.4. The van der Waals surface area contributed by atoms with E-state index in [4.69, 9.17) is 8.71 Å². The molecule has 0 heterocycles. The van der Waals surface area contributed by atoms with Crippen molar-refractivity contribution in [3.8, 4) is 5.75 Å². The smallest absolute Gasteiger partial charge is 0.339 e. The molecule has 5 nitrogen and oxygen atoms in total. The van der Waals surface area contributed by atoms with Gasteiger partial charge in [-0.1, -0.05) is 49.5 Å². The van der Waals surface area contributed by atoms with Crippen LogP contribution in [0.2, 0.25) is 0 Å². The zero-order chi connectivity index (χ0) is 19.9. The molecule has 2 atom stereocenters. The monoisotopic (exact) mass is 446 g/mol. The van der Waals surface area contributed by atoms with Crippen LogP contribution in [0.5, 0.6) is 5.75 Å². The summed E-state index contributed by atoms with van der Waals surface area (Å²) in [5.74, 6) is -2.85. The lowest BCUT2D eigenvalue weighted by molar-refractivity contribution is 0.357. The molecule has 2 aromatic carbocycles. The Balaban J connectivity index is 2.20. The minimum Gasteiger partial charge on any atom is -0.379 e. The van der Waals surface area contributed by atoms with E-state index in [0.29, 0.717) is 11.5 Å². The van der Waals surface area contributed by atoms with Gasteiger partial charge in [0.1, 0.15) is 10.6 Å². The van der Waals surface area contributed by atoms with Crippen LogP contribution in [-0.4, -0.2) is 20.3 Å². The predicted molar refractivity (Wildman–Crippen MR) is 113 cm³/mol. The molecule has 2 rings (SSSR count). The normalized spacial score (nSPS) is 15.1. The lowest BCUT2D eigenvalue weighted by Gasteiger charge is -2.19. The fraction of sp³-hybridized carbons (Fsp3) is 0.333. The quantitative estimate of drug-likeness (QED) is 0.317. The van der Waals surface area contributed by atoms with Crippen LogP contribution in [0.3, 0.4) is 0 Å². The maximum Gasteiger partial charge on any atom is 0.339 e. The molecule has 0 bridgehead atoms. The molecule has 0 aliphatic rings. The number of benzene rings is 2. The van der Waals surface area contributed by atoms with E-state index < -0.39 is 15.9 Å². The molecule has 2 unspecified atom stereocenters. The molecule has 148 valence electrons. The van der Waals surface area contributed by atoms with Crippen LogP contribution in [0.1, 0.15) is 27.2 Å². The molecule has 0 aliphatic heterocycles. The lowest BCUT2D eigenvalue weighted by Crippen LogP contribution is -2.09. The Kier molecular flexibility index (Phi) is 8.31. The van der Waals surface area contributed by atoms with Crippen molar-refractivity contribution in [2.24, 2.45) is 0 Å². The van der Waals surface area contributed by atoms with E-state index >= 15 is 0 Å². The lowest BCUT2D eigenvalue weighted by atomic mass is 10.3. The van der Waals surface area contributed by atoms with E-state index in [9.17, 15) is 13.0 Å². The van der Waals surface area contributed by atoms with Crippen molar-refractivity contribution in [2.75, 3.05) is 6.61 Å². The van der Waals surface area contributed by atoms with Gasteiger partial charge in [0.2, 0.25) is 0 Å². The molecule has 0 aromatic heterocycles. The fourth-order valence-electron chi connectivity index (χ4n) is 2.01. The highest BCUT2D eigenvalue weighted by Crippen LogP contribution is 2.73. The van der Waals surface area contributed by atoms with Crippen molar-refractivity contribution >= 4 is 38.7 Å². The highest BCUT2D eigenvalue weighted by Gasteiger charge is 2.28. The Morgan fingerprint density at radius 1 is 1.07 bits per heavy atom. The Hall–Kier alpha value is -0.920.